The Labute approximate surface area is 187 Å². The first-order valence-corrected chi connectivity index (χ1v) is 12.6. The van der Waals surface area contributed by atoms with E-state index in [-0.39, 0.29) is 17.3 Å². The maximum absolute atomic E-state index is 13.4. The van der Waals surface area contributed by atoms with Gasteiger partial charge in [-0.2, -0.15) is 11.8 Å². The smallest absolute Gasteiger partial charge is 0.264 e. The van der Waals surface area contributed by atoms with E-state index >= 15 is 0 Å². The summed E-state index contributed by atoms with van der Waals surface area (Å²) in [6, 6.07) is 19.2. The van der Waals surface area contributed by atoms with Crippen LogP contribution in [-0.2, 0) is 27.0 Å². The molecule has 2 aromatic carbocycles. The lowest BCUT2D eigenvalue weighted by atomic mass is 10.1. The number of benzene rings is 2. The van der Waals surface area contributed by atoms with E-state index in [0.29, 0.717) is 24.4 Å². The zero-order chi connectivity index (χ0) is 22.1. The van der Waals surface area contributed by atoms with Gasteiger partial charge in [-0.15, -0.1) is 0 Å². The predicted molar refractivity (Wildman–Crippen MR) is 125 cm³/mol. The molecule has 1 amide bonds. The number of hydrogen-bond donors (Lipinski definition) is 1. The number of anilines is 1. The number of rotatable bonds is 11. The van der Waals surface area contributed by atoms with Gasteiger partial charge in [-0.25, -0.2) is 8.42 Å². The Morgan fingerprint density at radius 3 is 2.48 bits per heavy atom. The number of para-hydroxylation sites is 1. The SMILES string of the molecule is CCc1ccccc1N(CC(=O)NCCSCc1ccco1)S(=O)(=O)c1ccccc1. The summed E-state index contributed by atoms with van der Waals surface area (Å²) < 4.78 is 33.2. The molecule has 31 heavy (non-hydrogen) atoms. The van der Waals surface area contributed by atoms with E-state index in [4.69, 9.17) is 4.42 Å². The van der Waals surface area contributed by atoms with E-state index in [1.165, 1.54) is 4.31 Å². The van der Waals surface area contributed by atoms with Crippen molar-refractivity contribution in [2.75, 3.05) is 23.1 Å². The highest BCUT2D eigenvalue weighted by Crippen LogP contribution is 2.27. The van der Waals surface area contributed by atoms with Crippen LogP contribution in [-0.4, -0.2) is 33.2 Å². The van der Waals surface area contributed by atoms with Gasteiger partial charge in [0.05, 0.1) is 22.6 Å². The summed E-state index contributed by atoms with van der Waals surface area (Å²) >= 11 is 1.64. The zero-order valence-corrected chi connectivity index (χ0v) is 19.0. The van der Waals surface area contributed by atoms with Crippen LogP contribution in [0.25, 0.3) is 0 Å². The van der Waals surface area contributed by atoms with Gasteiger partial charge in [-0.05, 0) is 42.3 Å². The fourth-order valence-corrected chi connectivity index (χ4v) is 5.32. The molecule has 0 spiro atoms. The topological polar surface area (TPSA) is 79.6 Å². The highest BCUT2D eigenvalue weighted by atomic mass is 32.2. The Morgan fingerprint density at radius 1 is 1.03 bits per heavy atom. The molecule has 0 aliphatic carbocycles. The maximum atomic E-state index is 13.4. The van der Waals surface area contributed by atoms with Crippen LogP contribution in [0.2, 0.25) is 0 Å². The van der Waals surface area contributed by atoms with Crippen molar-refractivity contribution in [1.29, 1.82) is 0 Å². The minimum Gasteiger partial charge on any atom is -0.468 e. The van der Waals surface area contributed by atoms with Crippen molar-refractivity contribution in [3.8, 4) is 0 Å². The molecule has 0 radical (unpaired) electrons. The van der Waals surface area contributed by atoms with Gasteiger partial charge in [-0.3, -0.25) is 9.10 Å². The molecule has 164 valence electrons. The van der Waals surface area contributed by atoms with E-state index in [9.17, 15) is 13.2 Å². The van der Waals surface area contributed by atoms with Crippen LogP contribution in [0.5, 0.6) is 0 Å². The molecule has 0 fully saturated rings. The quantitative estimate of drug-likeness (QED) is 0.438. The number of sulfonamides is 1. The standard InChI is InChI=1S/C23H26N2O4S2/c1-2-19-9-6-7-13-22(19)25(31(27,28)21-11-4-3-5-12-21)17-23(26)24-14-16-30-18-20-10-8-15-29-20/h3-13,15H,2,14,16-18H2,1H3,(H,24,26). The molecular weight excluding hydrogens is 432 g/mol. The second kappa shape index (κ2) is 11.1. The molecule has 3 rings (SSSR count). The molecular formula is C23H26N2O4S2. The summed E-state index contributed by atoms with van der Waals surface area (Å²) in [4.78, 5) is 12.8. The van der Waals surface area contributed by atoms with Crippen LogP contribution in [0, 0.1) is 0 Å². The summed E-state index contributed by atoms with van der Waals surface area (Å²) in [5.74, 6) is 1.96. The molecule has 1 heterocycles. The summed E-state index contributed by atoms with van der Waals surface area (Å²) in [7, 11) is -3.89. The van der Waals surface area contributed by atoms with E-state index in [1.807, 2.05) is 31.2 Å². The summed E-state index contributed by atoms with van der Waals surface area (Å²) in [6.45, 7) is 2.12. The van der Waals surface area contributed by atoms with Crippen LogP contribution in [0.1, 0.15) is 18.2 Å². The van der Waals surface area contributed by atoms with Crippen molar-refractivity contribution in [3.63, 3.8) is 0 Å². The number of carbonyl (C=O) groups excluding carboxylic acids is 1. The average molecular weight is 459 g/mol. The Morgan fingerprint density at radius 2 is 1.77 bits per heavy atom. The number of carbonyl (C=O) groups is 1. The minimum absolute atomic E-state index is 0.155. The van der Waals surface area contributed by atoms with Crippen molar-refractivity contribution >= 4 is 33.4 Å². The predicted octanol–water partition coefficient (Wildman–Crippen LogP) is 4.09. The van der Waals surface area contributed by atoms with Crippen LogP contribution in [0.3, 0.4) is 0 Å². The molecule has 3 aromatic rings. The molecule has 0 saturated carbocycles. The van der Waals surface area contributed by atoms with Crippen molar-refractivity contribution in [1.82, 2.24) is 5.32 Å². The van der Waals surface area contributed by atoms with Gasteiger partial charge in [0.15, 0.2) is 0 Å². The minimum atomic E-state index is -3.89. The van der Waals surface area contributed by atoms with Crippen LogP contribution in [0.4, 0.5) is 5.69 Å². The molecule has 1 aromatic heterocycles. The Kier molecular flexibility index (Phi) is 8.20. The number of aryl methyl sites for hydroxylation is 1. The van der Waals surface area contributed by atoms with E-state index in [0.717, 1.165) is 17.1 Å². The van der Waals surface area contributed by atoms with Gasteiger partial charge in [-0.1, -0.05) is 43.3 Å². The average Bonchev–Trinajstić information content (AvgIpc) is 3.31. The summed E-state index contributed by atoms with van der Waals surface area (Å²) in [5, 5.41) is 2.83. The third-order valence-electron chi connectivity index (χ3n) is 4.65. The molecule has 0 atom stereocenters. The van der Waals surface area contributed by atoms with E-state index in [1.54, 1.807) is 60.5 Å². The van der Waals surface area contributed by atoms with Gasteiger partial charge in [0, 0.05) is 12.3 Å². The molecule has 0 aliphatic heterocycles. The maximum Gasteiger partial charge on any atom is 0.264 e. The number of nitrogens with zero attached hydrogens (tertiary/aromatic N) is 1. The fourth-order valence-electron chi connectivity index (χ4n) is 3.09. The second-order valence-electron chi connectivity index (χ2n) is 6.79. The molecule has 1 N–H and O–H groups in total. The summed E-state index contributed by atoms with van der Waals surface area (Å²) in [5.41, 5.74) is 1.39. The van der Waals surface area contributed by atoms with Gasteiger partial charge >= 0.3 is 0 Å². The lowest BCUT2D eigenvalue weighted by molar-refractivity contribution is -0.119. The Bertz CT molecular complexity index is 1070. The molecule has 8 heteroatoms. The lowest BCUT2D eigenvalue weighted by Gasteiger charge is -2.26. The van der Waals surface area contributed by atoms with Crippen LogP contribution < -0.4 is 9.62 Å². The van der Waals surface area contributed by atoms with Crippen molar-refractivity contribution in [2.24, 2.45) is 0 Å². The van der Waals surface area contributed by atoms with Gasteiger partial charge < -0.3 is 9.73 Å². The van der Waals surface area contributed by atoms with Gasteiger partial charge in [0.1, 0.15) is 12.3 Å². The van der Waals surface area contributed by atoms with E-state index < -0.39 is 10.0 Å². The Balaban J connectivity index is 1.70. The van der Waals surface area contributed by atoms with Gasteiger partial charge in [0.2, 0.25) is 5.91 Å². The first-order chi connectivity index (χ1) is 15.0. The third-order valence-corrected chi connectivity index (χ3v) is 7.41. The number of nitrogens with one attached hydrogen (secondary N) is 1. The van der Waals surface area contributed by atoms with Crippen molar-refractivity contribution in [2.45, 2.75) is 24.0 Å². The van der Waals surface area contributed by atoms with Gasteiger partial charge in [0.25, 0.3) is 10.0 Å². The molecule has 0 saturated heterocycles. The van der Waals surface area contributed by atoms with Crippen molar-refractivity contribution < 1.29 is 17.6 Å². The zero-order valence-electron chi connectivity index (χ0n) is 17.4. The van der Waals surface area contributed by atoms with Crippen molar-refractivity contribution in [3.05, 3.63) is 84.3 Å². The first kappa shape index (κ1) is 23.0. The van der Waals surface area contributed by atoms with Crippen LogP contribution in [0.15, 0.2) is 82.3 Å². The normalized spacial score (nSPS) is 11.3. The largest absolute Gasteiger partial charge is 0.468 e. The highest BCUT2D eigenvalue weighted by Gasteiger charge is 2.28. The highest BCUT2D eigenvalue weighted by molar-refractivity contribution is 7.98. The number of thioether (sulfide) groups is 1. The molecule has 6 nitrogen and oxygen atoms in total. The fraction of sp³-hybridized carbons (Fsp3) is 0.261. The molecule has 0 aliphatic rings. The second-order valence-corrected chi connectivity index (χ2v) is 9.76. The van der Waals surface area contributed by atoms with E-state index in [2.05, 4.69) is 5.32 Å². The first-order valence-electron chi connectivity index (χ1n) is 10.0. The lowest BCUT2D eigenvalue weighted by Crippen LogP contribution is -2.41. The number of furan rings is 1. The number of hydrogen-bond acceptors (Lipinski definition) is 5. The Hall–Kier alpha value is -2.71. The van der Waals surface area contributed by atoms with Crippen LogP contribution >= 0.6 is 11.8 Å². The molecule has 0 unspecified atom stereocenters. The molecule has 0 bridgehead atoms. The summed E-state index contributed by atoms with van der Waals surface area (Å²) in [6.07, 6.45) is 2.29. The number of amides is 1. The third kappa shape index (κ3) is 6.15. The monoisotopic (exact) mass is 458 g/mol.